The summed E-state index contributed by atoms with van der Waals surface area (Å²) in [6.45, 7) is -0.772. The number of aliphatic hydroxyl groups excluding tert-OH is 2. The molecule has 0 aliphatic carbocycles. The van der Waals surface area contributed by atoms with Gasteiger partial charge in [0.2, 0.25) is 0 Å². The van der Waals surface area contributed by atoms with E-state index >= 15 is 0 Å². The summed E-state index contributed by atoms with van der Waals surface area (Å²) in [6, 6.07) is 0. The van der Waals surface area contributed by atoms with Crippen LogP contribution in [0.4, 0.5) is 0 Å². The number of ether oxygens (including phenoxy) is 1. The van der Waals surface area contributed by atoms with E-state index in [-0.39, 0.29) is 0 Å². The highest BCUT2D eigenvalue weighted by atomic mass is 32.2. The molecule has 1 aliphatic heterocycles. The van der Waals surface area contributed by atoms with E-state index in [9.17, 15) is 35.5 Å². The summed E-state index contributed by atoms with van der Waals surface area (Å²) >= 11 is 0. The van der Waals surface area contributed by atoms with Gasteiger partial charge in [0, 0.05) is 0 Å². The van der Waals surface area contributed by atoms with Gasteiger partial charge in [0.05, 0.1) is 25.4 Å². The van der Waals surface area contributed by atoms with E-state index in [1.165, 1.54) is 0 Å². The van der Waals surface area contributed by atoms with Crippen molar-refractivity contribution in [3.8, 4) is 0 Å². The predicted molar refractivity (Wildman–Crippen MR) is 77.1 cm³/mol. The van der Waals surface area contributed by atoms with Crippen LogP contribution in [0.25, 0.3) is 0 Å². The molecule has 24 heavy (non-hydrogen) atoms. The molecule has 2 N–H and O–H groups in total. The van der Waals surface area contributed by atoms with Crippen LogP contribution >= 0.6 is 0 Å². The molecule has 0 bridgehead atoms. The van der Waals surface area contributed by atoms with Crippen LogP contribution in [0.15, 0.2) is 0 Å². The lowest BCUT2D eigenvalue weighted by Crippen LogP contribution is -2.61. The molecule has 0 spiro atoms. The van der Waals surface area contributed by atoms with Crippen molar-refractivity contribution in [1.82, 2.24) is 0 Å². The molecule has 1 heterocycles. The standard InChI is InChI=1S/C9H18O12S3/c1-22(12,13)18-4-5-6(10)7(20-23(2,14)15)8(9(11)19-5)21-24(3,16)17/h5-11H,4H2,1-3H3/t5-,6-,7+,8-,9+/m1/s1. The maximum Gasteiger partial charge on any atom is 0.264 e. The molecule has 5 atom stereocenters. The van der Waals surface area contributed by atoms with E-state index in [0.717, 1.165) is 6.26 Å². The Bertz CT molecular complexity index is 739. The summed E-state index contributed by atoms with van der Waals surface area (Å²) in [5, 5.41) is 19.9. The van der Waals surface area contributed by atoms with Crippen LogP contribution in [0.3, 0.4) is 0 Å². The van der Waals surface area contributed by atoms with Crippen molar-refractivity contribution in [2.24, 2.45) is 0 Å². The Morgan fingerprint density at radius 2 is 1.29 bits per heavy atom. The predicted octanol–water partition coefficient (Wildman–Crippen LogP) is -3.27. The Labute approximate surface area is 139 Å². The maximum absolute atomic E-state index is 11.3. The second kappa shape index (κ2) is 7.46. The van der Waals surface area contributed by atoms with Crippen LogP contribution in [0.1, 0.15) is 0 Å². The first-order chi connectivity index (χ1) is 10.6. The lowest BCUT2D eigenvalue weighted by atomic mass is 9.99. The summed E-state index contributed by atoms with van der Waals surface area (Å²) in [4.78, 5) is 0. The molecule has 0 aromatic heterocycles. The summed E-state index contributed by atoms with van der Waals surface area (Å²) in [5.41, 5.74) is 0. The quantitative estimate of drug-likeness (QED) is 0.397. The fourth-order valence-corrected chi connectivity index (χ4v) is 3.47. The third-order valence-electron chi connectivity index (χ3n) is 2.65. The summed E-state index contributed by atoms with van der Waals surface area (Å²) in [7, 11) is -12.3. The van der Waals surface area contributed by atoms with E-state index in [4.69, 9.17) is 4.74 Å². The zero-order valence-electron chi connectivity index (χ0n) is 12.8. The van der Waals surface area contributed by atoms with Crippen molar-refractivity contribution in [2.45, 2.75) is 30.7 Å². The SMILES string of the molecule is CS(=O)(=O)OC[C@H]1O[C@H](O)[C@H](OS(C)(=O)=O)[C@@H](OS(C)(=O)=O)[C@@H]1O. The van der Waals surface area contributed by atoms with Crippen LogP contribution in [-0.2, 0) is 47.6 Å². The fraction of sp³-hybridized carbons (Fsp3) is 1.00. The molecular formula is C9H18O12S3. The van der Waals surface area contributed by atoms with E-state index in [0.29, 0.717) is 12.5 Å². The number of rotatable bonds is 7. The first-order valence-electron chi connectivity index (χ1n) is 6.21. The Hall–Kier alpha value is -0.390. The van der Waals surface area contributed by atoms with Gasteiger partial charge in [0.25, 0.3) is 30.4 Å². The highest BCUT2D eigenvalue weighted by Crippen LogP contribution is 2.27. The average molecular weight is 414 g/mol. The van der Waals surface area contributed by atoms with Crippen molar-refractivity contribution in [3.63, 3.8) is 0 Å². The van der Waals surface area contributed by atoms with Gasteiger partial charge in [0.15, 0.2) is 12.4 Å². The topological polar surface area (TPSA) is 180 Å². The van der Waals surface area contributed by atoms with Crippen LogP contribution < -0.4 is 0 Å². The van der Waals surface area contributed by atoms with Gasteiger partial charge in [-0.15, -0.1) is 0 Å². The minimum Gasteiger partial charge on any atom is -0.387 e. The Kier molecular flexibility index (Phi) is 6.73. The third-order valence-corrected chi connectivity index (χ3v) is 4.36. The van der Waals surface area contributed by atoms with Gasteiger partial charge >= 0.3 is 0 Å². The zero-order valence-corrected chi connectivity index (χ0v) is 15.2. The first kappa shape index (κ1) is 21.7. The van der Waals surface area contributed by atoms with Crippen molar-refractivity contribution >= 4 is 30.4 Å². The summed E-state index contributed by atoms with van der Waals surface area (Å²) in [5.74, 6) is 0. The molecule has 0 aromatic rings. The lowest BCUT2D eigenvalue weighted by molar-refractivity contribution is -0.273. The smallest absolute Gasteiger partial charge is 0.264 e. The summed E-state index contributed by atoms with van der Waals surface area (Å²) < 4.78 is 85.3. The molecule has 1 rings (SSSR count). The van der Waals surface area contributed by atoms with Gasteiger partial charge in [-0.1, -0.05) is 0 Å². The van der Waals surface area contributed by atoms with Crippen molar-refractivity contribution in [2.75, 3.05) is 25.4 Å². The van der Waals surface area contributed by atoms with Gasteiger partial charge in [-0.25, -0.2) is 0 Å². The number of aliphatic hydroxyl groups is 2. The van der Waals surface area contributed by atoms with Crippen LogP contribution in [0.5, 0.6) is 0 Å². The Morgan fingerprint density at radius 3 is 1.71 bits per heavy atom. The first-order valence-corrected chi connectivity index (χ1v) is 11.7. The van der Waals surface area contributed by atoms with E-state index in [1.54, 1.807) is 0 Å². The highest BCUT2D eigenvalue weighted by Gasteiger charge is 2.49. The van der Waals surface area contributed by atoms with Gasteiger partial charge in [-0.2, -0.15) is 25.3 Å². The van der Waals surface area contributed by atoms with E-state index in [2.05, 4.69) is 12.5 Å². The molecule has 144 valence electrons. The van der Waals surface area contributed by atoms with Gasteiger partial charge < -0.3 is 14.9 Å². The van der Waals surface area contributed by atoms with Crippen LogP contribution in [0, 0.1) is 0 Å². The molecular weight excluding hydrogens is 396 g/mol. The Balaban J connectivity index is 3.08. The summed E-state index contributed by atoms with van der Waals surface area (Å²) in [6.07, 6.45) is -7.26. The minimum atomic E-state index is -4.20. The van der Waals surface area contributed by atoms with Crippen LogP contribution in [-0.4, -0.2) is 91.5 Å². The molecule has 0 aromatic carbocycles. The van der Waals surface area contributed by atoms with Crippen LogP contribution in [0.2, 0.25) is 0 Å². The largest absolute Gasteiger partial charge is 0.387 e. The van der Waals surface area contributed by atoms with Crippen molar-refractivity contribution in [1.29, 1.82) is 0 Å². The zero-order chi connectivity index (χ0) is 18.9. The number of hydrogen-bond donors (Lipinski definition) is 2. The Morgan fingerprint density at radius 1 is 0.833 bits per heavy atom. The highest BCUT2D eigenvalue weighted by molar-refractivity contribution is 7.86. The second-order valence-electron chi connectivity index (χ2n) is 5.07. The molecule has 1 fully saturated rings. The fourth-order valence-electron chi connectivity index (χ4n) is 1.85. The monoisotopic (exact) mass is 414 g/mol. The van der Waals surface area contributed by atoms with Gasteiger partial charge in [0.1, 0.15) is 18.3 Å². The molecule has 15 heteroatoms. The lowest BCUT2D eigenvalue weighted by Gasteiger charge is -2.40. The molecule has 1 aliphatic rings. The molecule has 0 radical (unpaired) electrons. The van der Waals surface area contributed by atoms with E-state index in [1.807, 2.05) is 0 Å². The van der Waals surface area contributed by atoms with Gasteiger partial charge in [-0.3, -0.25) is 12.5 Å². The second-order valence-corrected chi connectivity index (χ2v) is 9.92. The number of hydrogen-bond acceptors (Lipinski definition) is 12. The molecule has 0 amide bonds. The maximum atomic E-state index is 11.3. The van der Waals surface area contributed by atoms with Crippen molar-refractivity contribution in [3.05, 3.63) is 0 Å². The normalized spacial score (nSPS) is 32.6. The van der Waals surface area contributed by atoms with E-state index < -0.39 is 67.7 Å². The minimum absolute atomic E-state index is 0.626. The van der Waals surface area contributed by atoms with Crippen molar-refractivity contribution < 1.29 is 52.8 Å². The third kappa shape index (κ3) is 7.24. The molecule has 0 saturated carbocycles. The molecule has 12 nitrogen and oxygen atoms in total. The van der Waals surface area contributed by atoms with Gasteiger partial charge in [-0.05, 0) is 0 Å². The average Bonchev–Trinajstić information content (AvgIpc) is 2.32. The molecule has 0 unspecified atom stereocenters. The molecule has 1 saturated heterocycles.